The van der Waals surface area contributed by atoms with E-state index in [1.807, 2.05) is 13.8 Å². The van der Waals surface area contributed by atoms with Crippen LogP contribution >= 0.6 is 0 Å². The van der Waals surface area contributed by atoms with Crippen LogP contribution in [0, 0.1) is 5.92 Å². The van der Waals surface area contributed by atoms with Crippen molar-refractivity contribution in [2.24, 2.45) is 13.0 Å². The highest BCUT2D eigenvalue weighted by Crippen LogP contribution is 2.16. The summed E-state index contributed by atoms with van der Waals surface area (Å²) >= 11 is 0. The minimum atomic E-state index is -0.495. The summed E-state index contributed by atoms with van der Waals surface area (Å²) in [5.74, 6) is 0.785. The molecule has 0 unspecified atom stereocenters. The van der Waals surface area contributed by atoms with E-state index in [1.165, 1.54) is 4.57 Å². The smallest absolute Gasteiger partial charge is 0.329 e. The van der Waals surface area contributed by atoms with Gasteiger partial charge in [-0.15, -0.1) is 0 Å². The Balaban J connectivity index is 2.72. The van der Waals surface area contributed by atoms with Crippen LogP contribution in [0.5, 0.6) is 0 Å². The molecule has 0 atom stereocenters. The lowest BCUT2D eigenvalue weighted by atomic mass is 10.2. The number of fused-ring (bicyclic) bond motifs is 1. The van der Waals surface area contributed by atoms with Gasteiger partial charge in [-0.3, -0.25) is 14.3 Å². The fourth-order valence-electron chi connectivity index (χ4n) is 2.08. The maximum Gasteiger partial charge on any atom is 0.329 e. The van der Waals surface area contributed by atoms with Crippen LogP contribution in [0.1, 0.15) is 13.8 Å². The van der Waals surface area contributed by atoms with Gasteiger partial charge in [0.25, 0.3) is 5.56 Å². The van der Waals surface area contributed by atoms with E-state index in [4.69, 9.17) is 5.11 Å². The number of aromatic amines is 1. The van der Waals surface area contributed by atoms with Crippen molar-refractivity contribution in [1.82, 2.24) is 19.1 Å². The molecule has 2 aromatic rings. The molecule has 0 aromatic carbocycles. The number of hydrogen-bond acceptors (Lipinski definition) is 5. The van der Waals surface area contributed by atoms with Gasteiger partial charge in [-0.25, -0.2) is 4.79 Å². The first kappa shape index (κ1) is 14.3. The number of hydrogen-bond donors (Lipinski definition) is 3. The number of anilines is 1. The third kappa shape index (κ3) is 2.46. The van der Waals surface area contributed by atoms with Gasteiger partial charge in [0, 0.05) is 20.1 Å². The average molecular weight is 281 g/mol. The summed E-state index contributed by atoms with van der Waals surface area (Å²) < 4.78 is 3.05. The highest BCUT2D eigenvalue weighted by molar-refractivity contribution is 5.74. The summed E-state index contributed by atoms with van der Waals surface area (Å²) in [6, 6.07) is 0. The second-order valence-electron chi connectivity index (χ2n) is 5.08. The molecule has 3 N–H and O–H groups in total. The largest absolute Gasteiger partial charge is 0.395 e. The molecule has 8 heteroatoms. The molecule has 110 valence electrons. The summed E-state index contributed by atoms with van der Waals surface area (Å²) in [6.45, 7) is 4.93. The van der Waals surface area contributed by atoms with Crippen molar-refractivity contribution < 1.29 is 5.11 Å². The summed E-state index contributed by atoms with van der Waals surface area (Å²) in [5.41, 5.74) is -0.250. The second-order valence-corrected chi connectivity index (χ2v) is 5.08. The molecule has 0 aliphatic carbocycles. The number of rotatable bonds is 5. The maximum absolute atomic E-state index is 12.0. The fraction of sp³-hybridized carbons (Fsp3) is 0.583. The molecular weight excluding hydrogens is 262 g/mol. The third-order valence-corrected chi connectivity index (χ3v) is 2.95. The van der Waals surface area contributed by atoms with Crippen LogP contribution < -0.4 is 16.6 Å². The lowest BCUT2D eigenvalue weighted by molar-refractivity contribution is 0.310. The second kappa shape index (κ2) is 5.49. The van der Waals surface area contributed by atoms with Crippen LogP contribution in [0.2, 0.25) is 0 Å². The maximum atomic E-state index is 12.0. The monoisotopic (exact) mass is 281 g/mol. The van der Waals surface area contributed by atoms with Crippen LogP contribution in [0.25, 0.3) is 11.2 Å². The Labute approximate surface area is 115 Å². The van der Waals surface area contributed by atoms with E-state index < -0.39 is 11.2 Å². The fourth-order valence-corrected chi connectivity index (χ4v) is 2.08. The van der Waals surface area contributed by atoms with E-state index in [-0.39, 0.29) is 6.61 Å². The summed E-state index contributed by atoms with van der Waals surface area (Å²) in [4.78, 5) is 30.2. The SMILES string of the molecule is CC(C)Cn1c(NCCO)nc2c1c(=O)[nH]c(=O)n2C. The van der Waals surface area contributed by atoms with Crippen LogP contribution in [0.15, 0.2) is 9.59 Å². The van der Waals surface area contributed by atoms with E-state index in [9.17, 15) is 9.59 Å². The molecule has 0 amide bonds. The molecule has 0 radical (unpaired) electrons. The summed E-state index contributed by atoms with van der Waals surface area (Å²) in [5, 5.41) is 11.9. The minimum absolute atomic E-state index is 0.0415. The molecule has 0 bridgehead atoms. The molecule has 2 aromatic heterocycles. The predicted molar refractivity (Wildman–Crippen MR) is 76.0 cm³/mol. The van der Waals surface area contributed by atoms with Gasteiger partial charge in [-0.1, -0.05) is 13.8 Å². The van der Waals surface area contributed by atoms with Gasteiger partial charge in [-0.2, -0.15) is 4.98 Å². The number of aliphatic hydroxyl groups excluding tert-OH is 1. The Kier molecular flexibility index (Phi) is 3.93. The molecule has 0 aliphatic heterocycles. The highest BCUT2D eigenvalue weighted by atomic mass is 16.3. The van der Waals surface area contributed by atoms with Crippen molar-refractivity contribution in [1.29, 1.82) is 0 Å². The number of nitrogens with zero attached hydrogens (tertiary/aromatic N) is 3. The molecule has 0 fully saturated rings. The molecule has 0 aliphatic rings. The molecule has 0 saturated carbocycles. The molecule has 0 saturated heterocycles. The van der Waals surface area contributed by atoms with Crippen LogP contribution in [-0.4, -0.2) is 37.4 Å². The Morgan fingerprint density at radius 3 is 2.70 bits per heavy atom. The van der Waals surface area contributed by atoms with E-state index in [1.54, 1.807) is 11.6 Å². The number of nitrogens with one attached hydrogen (secondary N) is 2. The van der Waals surface area contributed by atoms with Crippen molar-refractivity contribution >= 4 is 17.1 Å². The molecule has 2 rings (SSSR count). The van der Waals surface area contributed by atoms with Gasteiger partial charge in [0.1, 0.15) is 0 Å². The minimum Gasteiger partial charge on any atom is -0.395 e. The lowest BCUT2D eigenvalue weighted by Crippen LogP contribution is -2.29. The number of aryl methyl sites for hydroxylation is 1. The molecular formula is C12H19N5O3. The average Bonchev–Trinajstić information content (AvgIpc) is 2.72. The topological polar surface area (TPSA) is 105 Å². The summed E-state index contributed by atoms with van der Waals surface area (Å²) in [7, 11) is 1.56. The van der Waals surface area contributed by atoms with Gasteiger partial charge < -0.3 is 15.0 Å². The predicted octanol–water partition coefficient (Wildman–Crippen LogP) is -0.516. The van der Waals surface area contributed by atoms with E-state index in [0.717, 1.165) is 0 Å². The standard InChI is InChI=1S/C12H19N5O3/c1-7(2)6-17-8-9(14-11(17)13-4-5-18)16(3)12(20)15-10(8)19/h7,18H,4-6H2,1-3H3,(H,13,14)(H,15,19,20). The van der Waals surface area contributed by atoms with E-state index >= 15 is 0 Å². The van der Waals surface area contributed by atoms with Gasteiger partial charge >= 0.3 is 5.69 Å². The number of aromatic nitrogens is 4. The van der Waals surface area contributed by atoms with Crippen molar-refractivity contribution in [2.45, 2.75) is 20.4 Å². The first-order chi connectivity index (χ1) is 9.45. The zero-order chi connectivity index (χ0) is 14.9. The first-order valence-electron chi connectivity index (χ1n) is 6.50. The lowest BCUT2D eigenvalue weighted by Gasteiger charge is -2.11. The number of H-pyrrole nitrogens is 1. The Hall–Kier alpha value is -2.09. The Morgan fingerprint density at radius 1 is 1.40 bits per heavy atom. The third-order valence-electron chi connectivity index (χ3n) is 2.95. The van der Waals surface area contributed by atoms with Gasteiger partial charge in [0.2, 0.25) is 5.95 Å². The van der Waals surface area contributed by atoms with Gasteiger partial charge in [-0.05, 0) is 5.92 Å². The van der Waals surface area contributed by atoms with Crippen LogP contribution in [0.4, 0.5) is 5.95 Å². The highest BCUT2D eigenvalue weighted by Gasteiger charge is 2.17. The van der Waals surface area contributed by atoms with E-state index in [0.29, 0.717) is 36.1 Å². The van der Waals surface area contributed by atoms with Crippen molar-refractivity contribution in [3.8, 4) is 0 Å². The number of aliphatic hydroxyl groups is 1. The quantitative estimate of drug-likeness (QED) is 0.684. The summed E-state index contributed by atoms with van der Waals surface area (Å²) in [6.07, 6.45) is 0. The molecule has 0 spiro atoms. The molecule has 20 heavy (non-hydrogen) atoms. The van der Waals surface area contributed by atoms with Crippen molar-refractivity contribution in [3.63, 3.8) is 0 Å². The Bertz CT molecular complexity index is 725. The van der Waals surface area contributed by atoms with Crippen LogP contribution in [-0.2, 0) is 13.6 Å². The normalized spacial score (nSPS) is 11.4. The molecule has 2 heterocycles. The first-order valence-corrected chi connectivity index (χ1v) is 6.50. The van der Waals surface area contributed by atoms with Crippen LogP contribution in [0.3, 0.4) is 0 Å². The Morgan fingerprint density at radius 2 is 2.10 bits per heavy atom. The van der Waals surface area contributed by atoms with Gasteiger partial charge in [0.15, 0.2) is 11.2 Å². The van der Waals surface area contributed by atoms with Gasteiger partial charge in [0.05, 0.1) is 6.61 Å². The number of imidazole rings is 1. The molecule has 8 nitrogen and oxygen atoms in total. The zero-order valence-corrected chi connectivity index (χ0v) is 11.8. The zero-order valence-electron chi connectivity index (χ0n) is 11.8. The van der Waals surface area contributed by atoms with Crippen molar-refractivity contribution in [2.75, 3.05) is 18.5 Å². The van der Waals surface area contributed by atoms with E-state index in [2.05, 4.69) is 15.3 Å². The van der Waals surface area contributed by atoms with Crippen molar-refractivity contribution in [3.05, 3.63) is 20.8 Å².